The minimum atomic E-state index is 0.459. The Morgan fingerprint density at radius 1 is 0.895 bits per heavy atom. The molecule has 8 nitrogen and oxygen atoms in total. The fourth-order valence-corrected chi connectivity index (χ4v) is 6.51. The molecule has 3 aromatic rings. The number of morpholine rings is 1. The van der Waals surface area contributed by atoms with Crippen molar-refractivity contribution in [3.8, 4) is 11.1 Å². The number of fused-ring (bicyclic) bond motifs is 1. The molecule has 2 aromatic heterocycles. The molecule has 6 rings (SSSR count). The quantitative estimate of drug-likeness (QED) is 0.476. The first-order valence-corrected chi connectivity index (χ1v) is 14.4. The minimum absolute atomic E-state index is 0.459. The molecule has 3 aliphatic rings. The molecule has 4 heterocycles. The van der Waals surface area contributed by atoms with E-state index >= 15 is 0 Å². The Balaban J connectivity index is 1.04. The van der Waals surface area contributed by atoms with Gasteiger partial charge >= 0.3 is 0 Å². The average molecular weight is 516 g/mol. The molecule has 1 aromatic carbocycles. The Hall–Kier alpha value is -2.81. The number of aromatic nitrogens is 3. The predicted octanol–water partition coefficient (Wildman–Crippen LogP) is 4.50. The van der Waals surface area contributed by atoms with Gasteiger partial charge in [0.15, 0.2) is 0 Å². The minimum Gasteiger partial charge on any atom is -0.387 e. The number of nitrogens with one attached hydrogen (secondary N) is 2. The van der Waals surface area contributed by atoms with E-state index < -0.39 is 0 Å². The maximum absolute atomic E-state index is 5.52. The van der Waals surface area contributed by atoms with E-state index in [4.69, 9.17) is 4.74 Å². The van der Waals surface area contributed by atoms with Crippen molar-refractivity contribution in [2.75, 3.05) is 63.6 Å². The number of rotatable bonds is 7. The van der Waals surface area contributed by atoms with Gasteiger partial charge in [0, 0.05) is 62.1 Å². The second kappa shape index (κ2) is 11.9. The summed E-state index contributed by atoms with van der Waals surface area (Å²) in [7, 11) is 1.92. The van der Waals surface area contributed by atoms with Crippen LogP contribution in [0.5, 0.6) is 0 Å². The van der Waals surface area contributed by atoms with Crippen molar-refractivity contribution in [1.82, 2.24) is 24.8 Å². The molecule has 1 aliphatic carbocycles. The van der Waals surface area contributed by atoms with Crippen LogP contribution in [0.3, 0.4) is 0 Å². The number of pyridine rings is 1. The van der Waals surface area contributed by atoms with Gasteiger partial charge in [-0.3, -0.25) is 9.88 Å². The molecule has 0 radical (unpaired) electrons. The van der Waals surface area contributed by atoms with Crippen molar-refractivity contribution in [3.05, 3.63) is 43.0 Å². The first kappa shape index (κ1) is 25.5. The second-order valence-electron chi connectivity index (χ2n) is 11.2. The molecule has 0 unspecified atom stereocenters. The van der Waals surface area contributed by atoms with Gasteiger partial charge in [-0.2, -0.15) is 0 Å². The molecule has 2 aliphatic heterocycles. The van der Waals surface area contributed by atoms with Crippen LogP contribution < -0.4 is 10.6 Å². The van der Waals surface area contributed by atoms with Crippen molar-refractivity contribution < 1.29 is 4.74 Å². The normalized spacial score (nSPS) is 23.9. The van der Waals surface area contributed by atoms with E-state index in [-0.39, 0.29) is 0 Å². The van der Waals surface area contributed by atoms with E-state index in [1.807, 2.05) is 19.4 Å². The first-order valence-electron chi connectivity index (χ1n) is 14.4. The lowest BCUT2D eigenvalue weighted by atomic mass is 9.87. The molecule has 0 spiro atoms. The molecule has 1 saturated carbocycles. The largest absolute Gasteiger partial charge is 0.387 e. The number of benzene rings is 1. The summed E-state index contributed by atoms with van der Waals surface area (Å²) in [5.74, 6) is 1.80. The van der Waals surface area contributed by atoms with E-state index in [0.717, 1.165) is 71.8 Å². The summed E-state index contributed by atoms with van der Waals surface area (Å²) in [6, 6.07) is 9.71. The first-order chi connectivity index (χ1) is 18.7. The highest BCUT2D eigenvalue weighted by Gasteiger charge is 2.30. The maximum Gasteiger partial charge on any atom is 0.137 e. The van der Waals surface area contributed by atoms with Crippen LogP contribution in [-0.2, 0) is 4.74 Å². The molecule has 202 valence electrons. The highest BCUT2D eigenvalue weighted by molar-refractivity contribution is 5.92. The zero-order chi connectivity index (χ0) is 25.7. The zero-order valence-corrected chi connectivity index (χ0v) is 22.6. The van der Waals surface area contributed by atoms with Crippen LogP contribution in [0, 0.1) is 5.92 Å². The van der Waals surface area contributed by atoms with Gasteiger partial charge in [-0.05, 0) is 81.3 Å². The number of nitrogens with zero attached hydrogens (tertiary/aromatic N) is 5. The summed E-state index contributed by atoms with van der Waals surface area (Å²) >= 11 is 0. The van der Waals surface area contributed by atoms with Crippen LogP contribution in [0.2, 0.25) is 0 Å². The Kier molecular flexibility index (Phi) is 7.99. The van der Waals surface area contributed by atoms with Crippen LogP contribution in [0.25, 0.3) is 22.0 Å². The molecule has 0 bridgehead atoms. The smallest absolute Gasteiger partial charge is 0.137 e. The fraction of sp³-hybridized carbons (Fsp3) is 0.567. The second-order valence-corrected chi connectivity index (χ2v) is 11.2. The van der Waals surface area contributed by atoms with Crippen molar-refractivity contribution in [2.45, 2.75) is 50.6 Å². The van der Waals surface area contributed by atoms with Gasteiger partial charge in [-0.1, -0.05) is 6.07 Å². The molecule has 8 heteroatoms. The molecular formula is C30H41N7O. The third-order valence-corrected chi connectivity index (χ3v) is 8.82. The standard InChI is InChI=1S/C30H41N7O/c1-31-26-16-24(18-32-19-26)23-2-7-29-28(17-23)30(34-21-33-29)35-25-3-5-27(6-4-25)37-10-8-22(9-11-37)20-36-12-14-38-15-13-36/h2,7,16-19,21-22,25,27,31H,3-6,8-15,20H2,1H3,(H,33,34,35)/t25-,27-. The van der Waals surface area contributed by atoms with Gasteiger partial charge < -0.3 is 20.3 Å². The summed E-state index contributed by atoms with van der Waals surface area (Å²) in [5.41, 5.74) is 4.18. The van der Waals surface area contributed by atoms with Crippen molar-refractivity contribution in [2.24, 2.45) is 5.92 Å². The summed E-state index contributed by atoms with van der Waals surface area (Å²) in [4.78, 5) is 19.0. The summed E-state index contributed by atoms with van der Waals surface area (Å²) in [6.07, 6.45) is 13.0. The van der Waals surface area contributed by atoms with Gasteiger partial charge in [-0.15, -0.1) is 0 Å². The summed E-state index contributed by atoms with van der Waals surface area (Å²) < 4.78 is 5.52. The number of ether oxygens (including phenoxy) is 1. The number of hydrogen-bond donors (Lipinski definition) is 2. The molecule has 3 fully saturated rings. The van der Waals surface area contributed by atoms with Crippen molar-refractivity contribution in [3.63, 3.8) is 0 Å². The van der Waals surface area contributed by atoms with Crippen LogP contribution in [0.15, 0.2) is 43.0 Å². The topological polar surface area (TPSA) is 78.4 Å². The highest BCUT2D eigenvalue weighted by atomic mass is 16.5. The Labute approximate surface area is 226 Å². The van der Waals surface area contributed by atoms with E-state index in [9.17, 15) is 0 Å². The van der Waals surface area contributed by atoms with Crippen LogP contribution >= 0.6 is 0 Å². The highest BCUT2D eigenvalue weighted by Crippen LogP contribution is 2.32. The number of anilines is 2. The molecule has 38 heavy (non-hydrogen) atoms. The zero-order valence-electron chi connectivity index (χ0n) is 22.6. The van der Waals surface area contributed by atoms with Gasteiger partial charge in [0.05, 0.1) is 24.4 Å². The third-order valence-electron chi connectivity index (χ3n) is 8.82. The number of hydrogen-bond acceptors (Lipinski definition) is 8. The SMILES string of the molecule is CNc1cncc(-c2ccc3ncnc(N[C@H]4CC[C@H](N5CCC(CN6CCOCC6)CC5)CC4)c3c2)c1. The predicted molar refractivity (Wildman–Crippen MR) is 154 cm³/mol. The van der Waals surface area contributed by atoms with E-state index in [2.05, 4.69) is 59.7 Å². The number of piperidine rings is 1. The summed E-state index contributed by atoms with van der Waals surface area (Å²) in [6.45, 7) is 7.83. The lowest BCUT2D eigenvalue weighted by Crippen LogP contribution is -2.47. The molecule has 0 amide bonds. The molecular weight excluding hydrogens is 474 g/mol. The fourth-order valence-electron chi connectivity index (χ4n) is 6.51. The van der Waals surface area contributed by atoms with Crippen LogP contribution in [-0.4, -0.2) is 89.8 Å². The molecule has 2 saturated heterocycles. The Bertz CT molecular complexity index is 1200. The van der Waals surface area contributed by atoms with E-state index in [1.54, 1.807) is 6.33 Å². The van der Waals surface area contributed by atoms with Crippen LogP contribution in [0.4, 0.5) is 11.5 Å². The van der Waals surface area contributed by atoms with Crippen molar-refractivity contribution in [1.29, 1.82) is 0 Å². The molecule has 0 atom stereocenters. The lowest BCUT2D eigenvalue weighted by molar-refractivity contribution is 0.0208. The third kappa shape index (κ3) is 5.92. The van der Waals surface area contributed by atoms with E-state index in [0.29, 0.717) is 6.04 Å². The van der Waals surface area contributed by atoms with Gasteiger partial charge in [0.2, 0.25) is 0 Å². The average Bonchev–Trinajstić information content (AvgIpc) is 2.98. The van der Waals surface area contributed by atoms with Crippen LogP contribution in [0.1, 0.15) is 38.5 Å². The number of likely N-dealkylation sites (tertiary alicyclic amines) is 1. The van der Waals surface area contributed by atoms with Gasteiger partial charge in [-0.25, -0.2) is 9.97 Å². The maximum atomic E-state index is 5.52. The van der Waals surface area contributed by atoms with Crippen molar-refractivity contribution >= 4 is 22.4 Å². The Morgan fingerprint density at radius 3 is 2.50 bits per heavy atom. The summed E-state index contributed by atoms with van der Waals surface area (Å²) in [5, 5.41) is 8.04. The lowest BCUT2D eigenvalue weighted by Gasteiger charge is -2.42. The molecule has 2 N–H and O–H groups in total. The van der Waals surface area contributed by atoms with Gasteiger partial charge in [0.1, 0.15) is 12.1 Å². The van der Waals surface area contributed by atoms with E-state index in [1.165, 1.54) is 58.2 Å². The monoisotopic (exact) mass is 515 g/mol. The van der Waals surface area contributed by atoms with Gasteiger partial charge in [0.25, 0.3) is 0 Å². The Morgan fingerprint density at radius 2 is 1.71 bits per heavy atom.